The summed E-state index contributed by atoms with van der Waals surface area (Å²) in [6.07, 6.45) is 2.91. The number of hydrogen-bond donors (Lipinski definition) is 1. The summed E-state index contributed by atoms with van der Waals surface area (Å²) < 4.78 is 22.9. The standard InChI is InChI=1S/C27H27ClFN5O4/c1-5-19(36)32-9-10-33-16(12-32)13-38-26-21(27(33)37)24(25-15(4)11-30-34(25)14(2)3)31-23(22(26)28)20-17(29)7-6-8-18(20)35/h5-8,11,14,16,35H,1,9-10,12-13H2,2-4H3/t16-/m1/s1. The summed E-state index contributed by atoms with van der Waals surface area (Å²) in [6, 6.07) is 3.37. The average molecular weight is 540 g/mol. The van der Waals surface area contributed by atoms with E-state index >= 15 is 4.39 Å². The first-order valence-corrected chi connectivity index (χ1v) is 12.6. The van der Waals surface area contributed by atoms with Gasteiger partial charge in [0, 0.05) is 25.7 Å². The van der Waals surface area contributed by atoms with Crippen LogP contribution in [0, 0.1) is 12.7 Å². The number of phenols is 1. The van der Waals surface area contributed by atoms with Gasteiger partial charge in [0.1, 0.15) is 40.1 Å². The zero-order valence-electron chi connectivity index (χ0n) is 21.2. The first-order valence-electron chi connectivity index (χ1n) is 12.2. The van der Waals surface area contributed by atoms with E-state index in [1.165, 1.54) is 24.3 Å². The number of piperazine rings is 1. The minimum Gasteiger partial charge on any atom is -0.507 e. The summed E-state index contributed by atoms with van der Waals surface area (Å²) in [7, 11) is 0. The molecule has 1 atom stereocenters. The van der Waals surface area contributed by atoms with Gasteiger partial charge in [0.15, 0.2) is 5.75 Å². The maximum Gasteiger partial charge on any atom is 0.260 e. The number of nitrogens with zero attached hydrogens (tertiary/aromatic N) is 5. The number of rotatable bonds is 4. The van der Waals surface area contributed by atoms with Gasteiger partial charge in [-0.1, -0.05) is 24.2 Å². The molecule has 0 spiro atoms. The van der Waals surface area contributed by atoms with Crippen molar-refractivity contribution in [1.29, 1.82) is 0 Å². The number of amides is 2. The fraction of sp³-hybridized carbons (Fsp3) is 0.333. The van der Waals surface area contributed by atoms with E-state index in [4.69, 9.17) is 21.3 Å². The van der Waals surface area contributed by atoms with E-state index in [0.717, 1.165) is 5.56 Å². The molecule has 9 nitrogen and oxygen atoms in total. The number of phenolic OH excluding ortho intramolecular Hbond substituents is 1. The minimum atomic E-state index is -0.727. The molecule has 0 unspecified atom stereocenters. The molecule has 2 aromatic heterocycles. The lowest BCUT2D eigenvalue weighted by atomic mass is 10.0. The molecule has 2 aliphatic rings. The highest BCUT2D eigenvalue weighted by atomic mass is 35.5. The van der Waals surface area contributed by atoms with Gasteiger partial charge >= 0.3 is 0 Å². The topological polar surface area (TPSA) is 101 Å². The van der Waals surface area contributed by atoms with Gasteiger partial charge < -0.3 is 19.6 Å². The van der Waals surface area contributed by atoms with E-state index in [9.17, 15) is 14.7 Å². The summed E-state index contributed by atoms with van der Waals surface area (Å²) in [4.78, 5) is 34.4. The second kappa shape index (κ2) is 9.75. The van der Waals surface area contributed by atoms with Crippen LogP contribution in [0.5, 0.6) is 11.5 Å². The zero-order valence-corrected chi connectivity index (χ0v) is 22.0. The van der Waals surface area contributed by atoms with E-state index in [1.807, 2.05) is 20.8 Å². The van der Waals surface area contributed by atoms with Crippen molar-refractivity contribution in [1.82, 2.24) is 24.6 Å². The number of hydrogen-bond acceptors (Lipinski definition) is 6. The van der Waals surface area contributed by atoms with E-state index in [2.05, 4.69) is 11.7 Å². The Morgan fingerprint density at radius 1 is 1.29 bits per heavy atom. The lowest BCUT2D eigenvalue weighted by Crippen LogP contribution is -2.57. The maximum atomic E-state index is 15.0. The summed E-state index contributed by atoms with van der Waals surface area (Å²) >= 11 is 6.78. The Kier molecular flexibility index (Phi) is 6.60. The van der Waals surface area contributed by atoms with E-state index in [1.54, 1.807) is 20.7 Å². The van der Waals surface area contributed by atoms with Gasteiger partial charge in [-0.05, 0) is 44.5 Å². The number of fused-ring (bicyclic) bond motifs is 2. The fourth-order valence-corrected chi connectivity index (χ4v) is 5.30. The Balaban J connectivity index is 1.76. The maximum absolute atomic E-state index is 15.0. The van der Waals surface area contributed by atoms with Crippen molar-refractivity contribution >= 4 is 23.4 Å². The quantitative estimate of drug-likeness (QED) is 0.498. The number of aromatic nitrogens is 3. The number of carbonyl (C=O) groups excluding carboxylic acids is 2. The SMILES string of the molecule is C=CC(=O)N1CCN2C(=O)c3c(-c4c(C)cnn4C(C)C)nc(-c4c(O)cccc4F)c(Cl)c3OC[C@H]2C1. The smallest absolute Gasteiger partial charge is 0.260 e. The molecule has 3 aromatic rings. The van der Waals surface area contributed by atoms with Crippen molar-refractivity contribution < 1.29 is 23.8 Å². The van der Waals surface area contributed by atoms with Crippen LogP contribution in [0.3, 0.4) is 0 Å². The van der Waals surface area contributed by atoms with E-state index in [-0.39, 0.29) is 76.6 Å². The van der Waals surface area contributed by atoms with Crippen molar-refractivity contribution in [2.24, 2.45) is 0 Å². The molecule has 2 aliphatic heterocycles. The second-order valence-electron chi connectivity index (χ2n) is 9.63. The molecule has 0 saturated carbocycles. The third-order valence-corrected chi connectivity index (χ3v) is 7.23. The first-order chi connectivity index (χ1) is 18.1. The number of carbonyl (C=O) groups is 2. The van der Waals surface area contributed by atoms with Crippen molar-refractivity contribution in [3.8, 4) is 34.1 Å². The Labute approximate surface area is 224 Å². The largest absolute Gasteiger partial charge is 0.507 e. The predicted molar refractivity (Wildman–Crippen MR) is 140 cm³/mol. The molecule has 1 N–H and O–H groups in total. The van der Waals surface area contributed by atoms with Crippen LogP contribution in [-0.4, -0.2) is 73.8 Å². The van der Waals surface area contributed by atoms with E-state index < -0.39 is 11.9 Å². The fourth-order valence-electron chi connectivity index (χ4n) is 5.01. The highest BCUT2D eigenvalue weighted by molar-refractivity contribution is 6.35. The molecule has 5 rings (SSSR count). The van der Waals surface area contributed by atoms with E-state index in [0.29, 0.717) is 12.2 Å². The van der Waals surface area contributed by atoms with Gasteiger partial charge in [-0.25, -0.2) is 9.37 Å². The monoisotopic (exact) mass is 539 g/mol. The Hall–Kier alpha value is -3.92. The molecule has 38 heavy (non-hydrogen) atoms. The molecular weight excluding hydrogens is 513 g/mol. The van der Waals surface area contributed by atoms with Crippen LogP contribution in [0.2, 0.25) is 5.02 Å². The molecule has 0 bridgehead atoms. The number of halogens is 2. The van der Waals surface area contributed by atoms with Gasteiger partial charge in [-0.3, -0.25) is 14.3 Å². The van der Waals surface area contributed by atoms with Crippen LogP contribution in [0.15, 0.2) is 37.1 Å². The number of aryl methyl sites for hydroxylation is 1. The number of pyridine rings is 1. The third kappa shape index (κ3) is 4.09. The van der Waals surface area contributed by atoms with Gasteiger partial charge in [-0.2, -0.15) is 5.10 Å². The summed E-state index contributed by atoms with van der Waals surface area (Å²) in [6.45, 7) is 10.2. The molecule has 198 valence electrons. The number of ether oxygens (including phenoxy) is 1. The summed E-state index contributed by atoms with van der Waals surface area (Å²) in [5, 5.41) is 14.9. The number of benzene rings is 1. The molecule has 1 fully saturated rings. The van der Waals surface area contributed by atoms with Gasteiger partial charge in [0.2, 0.25) is 5.91 Å². The van der Waals surface area contributed by atoms with Crippen LogP contribution < -0.4 is 4.74 Å². The normalized spacial score (nSPS) is 17.1. The first kappa shape index (κ1) is 25.7. The van der Waals surface area contributed by atoms with Crippen molar-refractivity contribution in [2.75, 3.05) is 26.2 Å². The van der Waals surface area contributed by atoms with Crippen molar-refractivity contribution in [2.45, 2.75) is 32.9 Å². The molecule has 2 amide bonds. The zero-order chi connectivity index (χ0) is 27.3. The highest BCUT2D eigenvalue weighted by Crippen LogP contribution is 2.46. The predicted octanol–water partition coefficient (Wildman–Crippen LogP) is 4.23. The molecule has 1 saturated heterocycles. The van der Waals surface area contributed by atoms with Crippen LogP contribution >= 0.6 is 11.6 Å². The Morgan fingerprint density at radius 2 is 2.05 bits per heavy atom. The molecule has 11 heteroatoms. The average Bonchev–Trinajstić information content (AvgIpc) is 3.21. The van der Waals surface area contributed by atoms with Crippen LogP contribution in [0.1, 0.15) is 35.8 Å². The highest BCUT2D eigenvalue weighted by Gasteiger charge is 2.40. The van der Waals surface area contributed by atoms with Gasteiger partial charge in [-0.15, -0.1) is 0 Å². The van der Waals surface area contributed by atoms with Crippen molar-refractivity contribution in [3.05, 3.63) is 59.0 Å². The Bertz CT molecular complexity index is 1450. The molecule has 4 heterocycles. The van der Waals surface area contributed by atoms with Gasteiger partial charge in [0.05, 0.1) is 23.5 Å². The van der Waals surface area contributed by atoms with Crippen LogP contribution in [-0.2, 0) is 4.79 Å². The second-order valence-corrected chi connectivity index (χ2v) is 10.0. The lowest BCUT2D eigenvalue weighted by Gasteiger charge is -2.39. The lowest BCUT2D eigenvalue weighted by molar-refractivity contribution is -0.128. The molecule has 0 radical (unpaired) electrons. The van der Waals surface area contributed by atoms with Crippen LogP contribution in [0.25, 0.3) is 22.6 Å². The minimum absolute atomic E-state index is 0.0474. The summed E-state index contributed by atoms with van der Waals surface area (Å²) in [5.41, 5.74) is 1.40. The van der Waals surface area contributed by atoms with Crippen LogP contribution in [0.4, 0.5) is 4.39 Å². The number of aromatic hydroxyl groups is 1. The Morgan fingerprint density at radius 3 is 2.74 bits per heavy atom. The molecule has 1 aromatic carbocycles. The third-order valence-electron chi connectivity index (χ3n) is 6.88. The van der Waals surface area contributed by atoms with Crippen molar-refractivity contribution in [3.63, 3.8) is 0 Å². The molecule has 0 aliphatic carbocycles. The summed E-state index contributed by atoms with van der Waals surface area (Å²) in [5.74, 6) is -1.62. The van der Waals surface area contributed by atoms with Gasteiger partial charge in [0.25, 0.3) is 5.91 Å². The molecular formula is C27H27ClFN5O4.